The number of piperazine rings is 1. The second-order valence-electron chi connectivity index (χ2n) is 5.66. The molecule has 136 valence electrons. The van der Waals surface area contributed by atoms with Crippen LogP contribution < -0.4 is 5.32 Å². The molecular formula is C15H20F2N6OS. The van der Waals surface area contributed by atoms with Crippen LogP contribution in [0.15, 0.2) is 17.8 Å². The van der Waals surface area contributed by atoms with Crippen molar-refractivity contribution in [2.24, 2.45) is 0 Å². The molecule has 2 aromatic heterocycles. The van der Waals surface area contributed by atoms with Gasteiger partial charge in [0.05, 0.1) is 6.54 Å². The third-order valence-electron chi connectivity index (χ3n) is 4.03. The minimum Gasteiger partial charge on any atom is -0.362 e. The molecule has 7 nitrogen and oxygen atoms in total. The summed E-state index contributed by atoms with van der Waals surface area (Å²) in [5.41, 5.74) is 0.447. The molecule has 1 aliphatic heterocycles. The molecule has 25 heavy (non-hydrogen) atoms. The lowest BCUT2D eigenvalue weighted by Crippen LogP contribution is -2.48. The first kappa shape index (κ1) is 17.7. The van der Waals surface area contributed by atoms with E-state index in [1.807, 2.05) is 11.8 Å². The van der Waals surface area contributed by atoms with Gasteiger partial charge in [0.15, 0.2) is 5.13 Å². The van der Waals surface area contributed by atoms with Crippen LogP contribution in [0.2, 0.25) is 0 Å². The molecule has 0 radical (unpaired) electrons. The van der Waals surface area contributed by atoms with E-state index in [9.17, 15) is 13.6 Å². The van der Waals surface area contributed by atoms with E-state index in [0.717, 1.165) is 16.2 Å². The van der Waals surface area contributed by atoms with Crippen LogP contribution in [0.1, 0.15) is 29.8 Å². The lowest BCUT2D eigenvalue weighted by molar-refractivity contribution is 0.0553. The van der Waals surface area contributed by atoms with Crippen molar-refractivity contribution in [1.29, 1.82) is 0 Å². The van der Waals surface area contributed by atoms with Crippen LogP contribution in [0.3, 0.4) is 0 Å². The quantitative estimate of drug-likeness (QED) is 0.844. The van der Waals surface area contributed by atoms with Crippen molar-refractivity contribution in [2.75, 3.05) is 38.0 Å². The van der Waals surface area contributed by atoms with Crippen LogP contribution >= 0.6 is 11.3 Å². The van der Waals surface area contributed by atoms with E-state index in [1.54, 1.807) is 10.3 Å². The van der Waals surface area contributed by atoms with Crippen molar-refractivity contribution >= 4 is 22.4 Å². The molecule has 1 N–H and O–H groups in total. The van der Waals surface area contributed by atoms with Gasteiger partial charge in [-0.1, -0.05) is 0 Å². The van der Waals surface area contributed by atoms with Gasteiger partial charge in [-0.2, -0.15) is 8.78 Å². The summed E-state index contributed by atoms with van der Waals surface area (Å²) in [5.74, 6) is 0.249. The fourth-order valence-corrected chi connectivity index (χ4v) is 3.48. The number of imidazole rings is 1. The Hall–Kier alpha value is -2.07. The van der Waals surface area contributed by atoms with Crippen LogP contribution in [0.4, 0.5) is 13.9 Å². The Balaban J connectivity index is 1.54. The van der Waals surface area contributed by atoms with E-state index >= 15 is 0 Å². The number of hydrogen-bond acceptors (Lipinski definition) is 6. The smallest absolute Gasteiger partial charge is 0.319 e. The Morgan fingerprint density at radius 1 is 1.36 bits per heavy atom. The minimum atomic E-state index is -2.59. The van der Waals surface area contributed by atoms with Gasteiger partial charge in [0.25, 0.3) is 5.91 Å². The highest BCUT2D eigenvalue weighted by Crippen LogP contribution is 2.18. The molecule has 1 aliphatic rings. The monoisotopic (exact) mass is 370 g/mol. The number of nitrogens with one attached hydrogen (secondary N) is 1. The molecule has 0 aromatic carbocycles. The maximum Gasteiger partial charge on any atom is 0.319 e. The number of rotatable bonds is 6. The van der Waals surface area contributed by atoms with Gasteiger partial charge in [0.1, 0.15) is 11.5 Å². The zero-order valence-electron chi connectivity index (χ0n) is 13.9. The fraction of sp³-hybridized carbons (Fsp3) is 0.533. The average Bonchev–Trinajstić information content (AvgIpc) is 3.25. The molecule has 1 saturated heterocycles. The van der Waals surface area contributed by atoms with Gasteiger partial charge in [-0.25, -0.2) is 9.97 Å². The molecule has 0 saturated carbocycles. The first-order valence-electron chi connectivity index (χ1n) is 8.09. The number of anilines is 1. The standard InChI is InChI=1S/C15H20F2N6OS/c1-2-18-15-20-11(10-25-15)13(24)22-7-5-21(6-8-22)9-12-19-3-4-23(12)14(16)17/h3-4,10,14H,2,5-9H2,1H3,(H,18,20). The molecule has 10 heteroatoms. The van der Waals surface area contributed by atoms with E-state index in [-0.39, 0.29) is 5.91 Å². The highest BCUT2D eigenvalue weighted by atomic mass is 32.1. The number of nitrogens with zero attached hydrogens (tertiary/aromatic N) is 5. The number of hydrogen-bond donors (Lipinski definition) is 1. The Bertz CT molecular complexity index is 710. The normalized spacial score (nSPS) is 15.8. The minimum absolute atomic E-state index is 0.0888. The van der Waals surface area contributed by atoms with Crippen molar-refractivity contribution in [3.8, 4) is 0 Å². The van der Waals surface area contributed by atoms with Gasteiger partial charge >= 0.3 is 6.55 Å². The van der Waals surface area contributed by atoms with Gasteiger partial charge < -0.3 is 10.2 Å². The molecule has 0 bridgehead atoms. The number of halogens is 2. The average molecular weight is 370 g/mol. The van der Waals surface area contributed by atoms with E-state index in [0.29, 0.717) is 44.2 Å². The predicted molar refractivity (Wildman–Crippen MR) is 90.9 cm³/mol. The van der Waals surface area contributed by atoms with Crippen molar-refractivity contribution in [1.82, 2.24) is 24.3 Å². The van der Waals surface area contributed by atoms with Crippen molar-refractivity contribution in [2.45, 2.75) is 20.0 Å². The van der Waals surface area contributed by atoms with Crippen LogP contribution in [0.25, 0.3) is 0 Å². The Morgan fingerprint density at radius 2 is 2.12 bits per heavy atom. The largest absolute Gasteiger partial charge is 0.362 e. The number of amides is 1. The first-order valence-corrected chi connectivity index (χ1v) is 8.97. The SMILES string of the molecule is CCNc1nc(C(=O)N2CCN(Cc3nccn3C(F)F)CC2)cs1. The number of alkyl halides is 2. The molecule has 2 aromatic rings. The van der Waals surface area contributed by atoms with Gasteiger partial charge in [0, 0.05) is 50.5 Å². The molecule has 3 rings (SSSR count). The summed E-state index contributed by atoms with van der Waals surface area (Å²) in [6.07, 6.45) is 2.66. The zero-order valence-corrected chi connectivity index (χ0v) is 14.7. The Kier molecular flexibility index (Phi) is 5.59. The molecule has 0 atom stereocenters. The summed E-state index contributed by atoms with van der Waals surface area (Å²) >= 11 is 1.41. The molecule has 1 amide bonds. The predicted octanol–water partition coefficient (Wildman–Crippen LogP) is 2.12. The summed E-state index contributed by atoms with van der Waals surface area (Å²) in [5, 5.41) is 5.59. The van der Waals surface area contributed by atoms with Gasteiger partial charge in [0.2, 0.25) is 0 Å². The molecule has 3 heterocycles. The molecular weight excluding hydrogens is 350 g/mol. The van der Waals surface area contributed by atoms with Gasteiger partial charge in [-0.15, -0.1) is 11.3 Å². The number of thiazole rings is 1. The van der Waals surface area contributed by atoms with Crippen LogP contribution in [-0.2, 0) is 6.54 Å². The van der Waals surface area contributed by atoms with Crippen molar-refractivity contribution in [3.05, 3.63) is 29.3 Å². The van der Waals surface area contributed by atoms with Crippen LogP contribution in [0.5, 0.6) is 0 Å². The number of carbonyl (C=O) groups excluding carboxylic acids is 1. The second kappa shape index (κ2) is 7.87. The highest BCUT2D eigenvalue weighted by molar-refractivity contribution is 7.13. The van der Waals surface area contributed by atoms with Crippen molar-refractivity contribution in [3.63, 3.8) is 0 Å². The second-order valence-corrected chi connectivity index (χ2v) is 6.52. The lowest BCUT2D eigenvalue weighted by atomic mass is 10.3. The third-order valence-corrected chi connectivity index (χ3v) is 4.83. The summed E-state index contributed by atoms with van der Waals surface area (Å²) in [6.45, 7) is 2.81. The molecule has 0 aliphatic carbocycles. The van der Waals surface area contributed by atoms with E-state index < -0.39 is 6.55 Å². The topological polar surface area (TPSA) is 66.3 Å². The third kappa shape index (κ3) is 4.13. The fourth-order valence-electron chi connectivity index (χ4n) is 2.72. The van der Waals surface area contributed by atoms with Crippen LogP contribution in [-0.4, -0.2) is 63.0 Å². The molecule has 0 spiro atoms. The summed E-state index contributed by atoms with van der Waals surface area (Å²) in [6, 6.07) is 0. The highest BCUT2D eigenvalue weighted by Gasteiger charge is 2.25. The summed E-state index contributed by atoms with van der Waals surface area (Å²) in [4.78, 5) is 24.6. The number of aromatic nitrogens is 3. The zero-order chi connectivity index (χ0) is 17.8. The van der Waals surface area contributed by atoms with E-state index in [4.69, 9.17) is 0 Å². The Labute approximate surface area is 148 Å². The Morgan fingerprint density at radius 3 is 2.80 bits per heavy atom. The van der Waals surface area contributed by atoms with Gasteiger partial charge in [-0.05, 0) is 6.92 Å². The number of carbonyl (C=O) groups is 1. The van der Waals surface area contributed by atoms with Gasteiger partial charge in [-0.3, -0.25) is 14.3 Å². The summed E-state index contributed by atoms with van der Waals surface area (Å²) in [7, 11) is 0. The molecule has 1 fully saturated rings. The lowest BCUT2D eigenvalue weighted by Gasteiger charge is -2.34. The van der Waals surface area contributed by atoms with E-state index in [1.165, 1.54) is 23.7 Å². The first-order chi connectivity index (χ1) is 12.1. The van der Waals surface area contributed by atoms with Crippen LogP contribution in [0, 0.1) is 0 Å². The van der Waals surface area contributed by atoms with Crippen molar-refractivity contribution < 1.29 is 13.6 Å². The van der Waals surface area contributed by atoms with E-state index in [2.05, 4.69) is 15.3 Å². The maximum absolute atomic E-state index is 12.9. The molecule has 0 unspecified atom stereocenters. The summed E-state index contributed by atoms with van der Waals surface area (Å²) < 4.78 is 26.6. The maximum atomic E-state index is 12.9.